The molecule has 0 fully saturated rings. The Morgan fingerprint density at radius 2 is 2.07 bits per heavy atom. The fourth-order valence-electron chi connectivity index (χ4n) is 0.805. The van der Waals surface area contributed by atoms with Gasteiger partial charge >= 0.3 is 6.09 Å². The van der Waals surface area contributed by atoms with Crippen LogP contribution in [0, 0.1) is 0 Å². The topological polar surface area (TPSA) is 75.8 Å². The van der Waals surface area contributed by atoms with Crippen molar-refractivity contribution in [3.8, 4) is 0 Å². The van der Waals surface area contributed by atoms with E-state index in [1.165, 1.54) is 4.90 Å². The van der Waals surface area contributed by atoms with Crippen LogP contribution >= 0.6 is 0 Å². The van der Waals surface area contributed by atoms with Crippen molar-refractivity contribution in [1.82, 2.24) is 4.90 Å². The van der Waals surface area contributed by atoms with Gasteiger partial charge in [0.05, 0.1) is 12.6 Å². The zero-order valence-electron chi connectivity index (χ0n) is 9.28. The molecule has 0 radical (unpaired) electrons. The van der Waals surface area contributed by atoms with Crippen molar-refractivity contribution in [3.05, 3.63) is 0 Å². The van der Waals surface area contributed by atoms with Crippen LogP contribution in [0.25, 0.3) is 0 Å². The largest absolute Gasteiger partial charge is 0.444 e. The van der Waals surface area contributed by atoms with Gasteiger partial charge in [0.25, 0.3) is 0 Å². The van der Waals surface area contributed by atoms with E-state index >= 15 is 0 Å². The molecule has 0 aromatic rings. The molecule has 0 saturated carbocycles. The number of nitrogens with zero attached hydrogens (tertiary/aromatic N) is 1. The maximum atomic E-state index is 11.4. The van der Waals surface area contributed by atoms with Crippen molar-refractivity contribution in [1.29, 1.82) is 0 Å². The molecule has 0 aliphatic rings. The first-order valence-corrected chi connectivity index (χ1v) is 4.58. The summed E-state index contributed by atoms with van der Waals surface area (Å²) in [7, 11) is 1.56. The van der Waals surface area contributed by atoms with Crippen LogP contribution < -0.4 is 5.73 Å². The molecule has 0 bridgehead atoms. The highest BCUT2D eigenvalue weighted by atomic mass is 16.6. The second kappa shape index (κ2) is 5.17. The molecule has 0 spiro atoms. The number of hydrogen-bond acceptors (Lipinski definition) is 4. The summed E-state index contributed by atoms with van der Waals surface area (Å²) < 4.78 is 5.08. The van der Waals surface area contributed by atoms with Gasteiger partial charge in [-0.3, -0.25) is 0 Å². The van der Waals surface area contributed by atoms with Gasteiger partial charge in [0.2, 0.25) is 0 Å². The molecular formula is C9H20N2O3. The minimum absolute atomic E-state index is 0.132. The Morgan fingerprint density at radius 3 is 2.43 bits per heavy atom. The average molecular weight is 204 g/mol. The van der Waals surface area contributed by atoms with Crippen molar-refractivity contribution in [3.63, 3.8) is 0 Å². The van der Waals surface area contributed by atoms with Crippen molar-refractivity contribution in [2.45, 2.75) is 32.5 Å². The number of amides is 1. The van der Waals surface area contributed by atoms with E-state index in [0.29, 0.717) is 0 Å². The van der Waals surface area contributed by atoms with E-state index in [-0.39, 0.29) is 13.1 Å². The Balaban J connectivity index is 4.00. The molecule has 0 aromatic carbocycles. The number of carbonyl (C=O) groups excluding carboxylic acids is 1. The zero-order valence-corrected chi connectivity index (χ0v) is 9.28. The Morgan fingerprint density at radius 1 is 1.57 bits per heavy atom. The van der Waals surface area contributed by atoms with Gasteiger partial charge in [0, 0.05) is 13.6 Å². The lowest BCUT2D eigenvalue weighted by Crippen LogP contribution is -2.40. The van der Waals surface area contributed by atoms with E-state index in [9.17, 15) is 9.90 Å². The number of carbonyl (C=O) groups is 1. The number of hydrogen-bond donors (Lipinski definition) is 2. The number of aliphatic hydroxyl groups is 1. The predicted octanol–water partition coefficient (Wildman–Crippen LogP) is 0.173. The molecule has 1 atom stereocenters. The van der Waals surface area contributed by atoms with E-state index in [4.69, 9.17) is 10.5 Å². The molecule has 1 unspecified atom stereocenters. The van der Waals surface area contributed by atoms with Crippen LogP contribution in [0.1, 0.15) is 20.8 Å². The molecule has 0 aliphatic carbocycles. The Labute approximate surface area is 84.8 Å². The summed E-state index contributed by atoms with van der Waals surface area (Å²) >= 11 is 0. The van der Waals surface area contributed by atoms with Gasteiger partial charge in [0.15, 0.2) is 0 Å². The van der Waals surface area contributed by atoms with Gasteiger partial charge in [-0.1, -0.05) is 0 Å². The summed E-state index contributed by atoms with van der Waals surface area (Å²) in [5.41, 5.74) is 4.70. The van der Waals surface area contributed by atoms with Gasteiger partial charge in [-0.05, 0) is 20.8 Å². The fourth-order valence-corrected chi connectivity index (χ4v) is 0.805. The third-order valence-electron chi connectivity index (χ3n) is 1.46. The fraction of sp³-hybridized carbons (Fsp3) is 0.889. The normalized spacial score (nSPS) is 13.6. The van der Waals surface area contributed by atoms with Crippen LogP contribution in [0.3, 0.4) is 0 Å². The summed E-state index contributed by atoms with van der Waals surface area (Å²) in [6, 6.07) is 0. The number of rotatable bonds is 3. The molecule has 0 aromatic heterocycles. The highest BCUT2D eigenvalue weighted by molar-refractivity contribution is 5.67. The number of likely N-dealkylation sites (N-methyl/N-ethyl adjacent to an activating group) is 1. The quantitative estimate of drug-likeness (QED) is 0.687. The predicted molar refractivity (Wildman–Crippen MR) is 53.9 cm³/mol. The molecule has 5 heteroatoms. The molecular weight excluding hydrogens is 184 g/mol. The minimum atomic E-state index is -0.701. The van der Waals surface area contributed by atoms with Crippen molar-refractivity contribution in [2.24, 2.45) is 5.73 Å². The van der Waals surface area contributed by atoms with Crippen molar-refractivity contribution in [2.75, 3.05) is 20.1 Å². The Hall–Kier alpha value is -0.810. The number of ether oxygens (including phenoxy) is 1. The Bertz CT molecular complexity index is 189. The first-order chi connectivity index (χ1) is 6.26. The zero-order chi connectivity index (χ0) is 11.4. The van der Waals surface area contributed by atoms with Crippen LogP contribution in [0.5, 0.6) is 0 Å². The minimum Gasteiger partial charge on any atom is -0.444 e. The van der Waals surface area contributed by atoms with Crippen LogP contribution in [0.4, 0.5) is 4.79 Å². The van der Waals surface area contributed by atoms with Crippen LogP contribution in [0.15, 0.2) is 0 Å². The van der Waals surface area contributed by atoms with Crippen LogP contribution in [0.2, 0.25) is 0 Å². The standard InChI is InChI=1S/C9H20N2O3/c1-9(2,3)14-8(13)11(4)6-7(12)5-10/h7,12H,5-6,10H2,1-4H3. The summed E-state index contributed by atoms with van der Waals surface area (Å²) in [5.74, 6) is 0. The van der Waals surface area contributed by atoms with E-state index < -0.39 is 17.8 Å². The van der Waals surface area contributed by atoms with Crippen molar-refractivity contribution < 1.29 is 14.6 Å². The second-order valence-electron chi connectivity index (χ2n) is 4.25. The van der Waals surface area contributed by atoms with Gasteiger partial charge in [-0.2, -0.15) is 0 Å². The van der Waals surface area contributed by atoms with Gasteiger partial charge in [0.1, 0.15) is 5.60 Å². The molecule has 5 nitrogen and oxygen atoms in total. The molecule has 0 aliphatic heterocycles. The number of nitrogens with two attached hydrogens (primary N) is 1. The molecule has 84 valence electrons. The lowest BCUT2D eigenvalue weighted by molar-refractivity contribution is 0.0214. The molecule has 0 rings (SSSR count). The third kappa shape index (κ3) is 5.77. The summed E-state index contributed by atoms with van der Waals surface area (Å²) in [6.07, 6.45) is -1.16. The second-order valence-corrected chi connectivity index (χ2v) is 4.25. The highest BCUT2D eigenvalue weighted by Crippen LogP contribution is 2.08. The first-order valence-electron chi connectivity index (χ1n) is 4.58. The maximum Gasteiger partial charge on any atom is 0.410 e. The van der Waals surface area contributed by atoms with Crippen molar-refractivity contribution >= 4 is 6.09 Å². The van der Waals surface area contributed by atoms with Gasteiger partial charge < -0.3 is 20.5 Å². The van der Waals surface area contributed by atoms with Crippen LogP contribution in [-0.2, 0) is 4.74 Å². The number of aliphatic hydroxyl groups excluding tert-OH is 1. The van der Waals surface area contributed by atoms with E-state index in [2.05, 4.69) is 0 Å². The van der Waals surface area contributed by atoms with E-state index in [1.54, 1.807) is 27.8 Å². The maximum absolute atomic E-state index is 11.4. The Kier molecular flexibility index (Phi) is 4.87. The molecule has 14 heavy (non-hydrogen) atoms. The summed E-state index contributed by atoms with van der Waals surface area (Å²) in [4.78, 5) is 12.7. The average Bonchev–Trinajstić information content (AvgIpc) is 2.00. The molecule has 3 N–H and O–H groups in total. The van der Waals surface area contributed by atoms with E-state index in [1.807, 2.05) is 0 Å². The summed E-state index contributed by atoms with van der Waals surface area (Å²) in [5, 5.41) is 9.20. The third-order valence-corrected chi connectivity index (χ3v) is 1.46. The monoisotopic (exact) mass is 204 g/mol. The lowest BCUT2D eigenvalue weighted by Gasteiger charge is -2.25. The van der Waals surface area contributed by atoms with Gasteiger partial charge in [-0.25, -0.2) is 4.79 Å². The molecule has 0 saturated heterocycles. The lowest BCUT2D eigenvalue weighted by atomic mass is 10.2. The van der Waals surface area contributed by atoms with E-state index in [0.717, 1.165) is 0 Å². The highest BCUT2D eigenvalue weighted by Gasteiger charge is 2.20. The first kappa shape index (κ1) is 13.2. The van der Waals surface area contributed by atoms with Gasteiger partial charge in [-0.15, -0.1) is 0 Å². The smallest absolute Gasteiger partial charge is 0.410 e. The summed E-state index contributed by atoms with van der Waals surface area (Å²) in [6.45, 7) is 5.69. The molecule has 1 amide bonds. The molecule has 0 heterocycles. The van der Waals surface area contributed by atoms with Crippen LogP contribution in [-0.4, -0.2) is 47.9 Å². The SMILES string of the molecule is CN(CC(O)CN)C(=O)OC(C)(C)C.